The molecule has 2 heterocycles. The van der Waals surface area contributed by atoms with Gasteiger partial charge in [-0.3, -0.25) is 0 Å². The SMILES string of the molecule is Cc1cc(C#N)cc(OCCc2cccs2)n1. The fourth-order valence-electron chi connectivity index (χ4n) is 1.49. The first kappa shape index (κ1) is 11.6. The number of ether oxygens (including phenoxy) is 1. The number of hydrogen-bond donors (Lipinski definition) is 0. The number of aromatic nitrogens is 1. The van der Waals surface area contributed by atoms with Gasteiger partial charge in [-0.1, -0.05) is 6.07 Å². The Morgan fingerprint density at radius 1 is 1.47 bits per heavy atom. The third-order valence-electron chi connectivity index (χ3n) is 2.24. The van der Waals surface area contributed by atoms with Gasteiger partial charge in [0.2, 0.25) is 5.88 Å². The van der Waals surface area contributed by atoms with E-state index in [4.69, 9.17) is 10.00 Å². The summed E-state index contributed by atoms with van der Waals surface area (Å²) in [6.45, 7) is 2.44. The van der Waals surface area contributed by atoms with Gasteiger partial charge in [-0.25, -0.2) is 4.98 Å². The van der Waals surface area contributed by atoms with E-state index >= 15 is 0 Å². The largest absolute Gasteiger partial charge is 0.477 e. The zero-order valence-corrected chi connectivity index (χ0v) is 10.3. The average Bonchev–Trinajstić information content (AvgIpc) is 2.81. The highest BCUT2D eigenvalue weighted by atomic mass is 32.1. The summed E-state index contributed by atoms with van der Waals surface area (Å²) in [6, 6.07) is 9.61. The molecular weight excluding hydrogens is 232 g/mol. The molecule has 0 aliphatic heterocycles. The Kier molecular flexibility index (Phi) is 3.73. The molecule has 0 bridgehead atoms. The van der Waals surface area contributed by atoms with Crippen LogP contribution in [0.5, 0.6) is 5.88 Å². The molecule has 2 aromatic rings. The number of thiophene rings is 1. The Hall–Kier alpha value is -1.86. The Morgan fingerprint density at radius 3 is 3.06 bits per heavy atom. The molecule has 0 unspecified atom stereocenters. The third kappa shape index (κ3) is 3.30. The van der Waals surface area contributed by atoms with E-state index in [0.29, 0.717) is 18.1 Å². The summed E-state index contributed by atoms with van der Waals surface area (Å²) in [4.78, 5) is 5.52. The minimum Gasteiger partial charge on any atom is -0.477 e. The highest BCUT2D eigenvalue weighted by Gasteiger charge is 2.01. The van der Waals surface area contributed by atoms with Crippen LogP contribution in [0.4, 0.5) is 0 Å². The molecule has 17 heavy (non-hydrogen) atoms. The molecule has 0 saturated carbocycles. The number of hydrogen-bond acceptors (Lipinski definition) is 4. The first-order valence-corrected chi connectivity index (χ1v) is 6.20. The van der Waals surface area contributed by atoms with Crippen molar-refractivity contribution in [3.05, 3.63) is 45.8 Å². The van der Waals surface area contributed by atoms with Crippen molar-refractivity contribution in [3.63, 3.8) is 0 Å². The lowest BCUT2D eigenvalue weighted by atomic mass is 10.2. The molecule has 86 valence electrons. The molecule has 0 saturated heterocycles. The van der Waals surface area contributed by atoms with Crippen LogP contribution in [0.1, 0.15) is 16.1 Å². The normalized spacial score (nSPS) is 9.88. The number of nitriles is 1. The molecule has 0 aliphatic rings. The lowest BCUT2D eigenvalue weighted by Gasteiger charge is -2.05. The van der Waals surface area contributed by atoms with E-state index < -0.39 is 0 Å². The monoisotopic (exact) mass is 244 g/mol. The van der Waals surface area contributed by atoms with Crippen LogP contribution in [0.2, 0.25) is 0 Å². The van der Waals surface area contributed by atoms with Crippen molar-refractivity contribution in [2.24, 2.45) is 0 Å². The smallest absolute Gasteiger partial charge is 0.214 e. The lowest BCUT2D eigenvalue weighted by molar-refractivity contribution is 0.310. The van der Waals surface area contributed by atoms with Gasteiger partial charge >= 0.3 is 0 Å². The van der Waals surface area contributed by atoms with Crippen LogP contribution in [0, 0.1) is 18.3 Å². The van der Waals surface area contributed by atoms with Gasteiger partial charge in [-0.15, -0.1) is 11.3 Å². The van der Waals surface area contributed by atoms with Gasteiger partial charge in [0.05, 0.1) is 18.2 Å². The molecule has 0 atom stereocenters. The summed E-state index contributed by atoms with van der Waals surface area (Å²) in [5.41, 5.74) is 1.39. The molecule has 0 spiro atoms. The molecule has 0 aromatic carbocycles. The van der Waals surface area contributed by atoms with E-state index in [1.807, 2.05) is 18.4 Å². The first-order chi connectivity index (χ1) is 8.28. The summed E-state index contributed by atoms with van der Waals surface area (Å²) < 4.78 is 5.55. The summed E-state index contributed by atoms with van der Waals surface area (Å²) in [6.07, 6.45) is 0.870. The predicted octanol–water partition coefficient (Wildman–Crippen LogP) is 2.94. The van der Waals surface area contributed by atoms with Gasteiger partial charge in [-0.2, -0.15) is 5.26 Å². The molecule has 0 fully saturated rings. The van der Waals surface area contributed by atoms with Crippen molar-refractivity contribution in [1.29, 1.82) is 5.26 Å². The predicted molar refractivity (Wildman–Crippen MR) is 67.2 cm³/mol. The highest BCUT2D eigenvalue weighted by molar-refractivity contribution is 7.09. The van der Waals surface area contributed by atoms with E-state index in [1.165, 1.54) is 4.88 Å². The Balaban J connectivity index is 1.95. The van der Waals surface area contributed by atoms with Crippen LogP contribution in [0.25, 0.3) is 0 Å². The number of nitrogens with zero attached hydrogens (tertiary/aromatic N) is 2. The highest BCUT2D eigenvalue weighted by Crippen LogP contribution is 2.13. The molecular formula is C13H12N2OS. The summed E-state index contributed by atoms with van der Waals surface area (Å²) in [7, 11) is 0. The zero-order valence-electron chi connectivity index (χ0n) is 9.51. The first-order valence-electron chi connectivity index (χ1n) is 5.32. The summed E-state index contributed by atoms with van der Waals surface area (Å²) in [5, 5.41) is 10.9. The van der Waals surface area contributed by atoms with Crippen molar-refractivity contribution in [2.75, 3.05) is 6.61 Å². The molecule has 2 aromatic heterocycles. The van der Waals surface area contributed by atoms with Crippen LogP contribution in [0.15, 0.2) is 29.6 Å². The third-order valence-corrected chi connectivity index (χ3v) is 3.17. The van der Waals surface area contributed by atoms with Crippen LogP contribution in [0.3, 0.4) is 0 Å². The van der Waals surface area contributed by atoms with Crippen LogP contribution >= 0.6 is 11.3 Å². The second-order valence-electron chi connectivity index (χ2n) is 3.63. The second kappa shape index (κ2) is 5.46. The molecule has 4 heteroatoms. The van der Waals surface area contributed by atoms with E-state index in [9.17, 15) is 0 Å². The molecule has 0 aliphatic carbocycles. The van der Waals surface area contributed by atoms with Crippen LogP contribution < -0.4 is 4.74 Å². The van der Waals surface area contributed by atoms with Gasteiger partial charge in [0.1, 0.15) is 0 Å². The maximum atomic E-state index is 8.83. The maximum Gasteiger partial charge on any atom is 0.214 e. The van der Waals surface area contributed by atoms with Crippen molar-refractivity contribution in [3.8, 4) is 11.9 Å². The molecule has 3 nitrogen and oxygen atoms in total. The van der Waals surface area contributed by atoms with Crippen molar-refractivity contribution < 1.29 is 4.74 Å². The average molecular weight is 244 g/mol. The quantitative estimate of drug-likeness (QED) is 0.830. The van der Waals surface area contributed by atoms with Gasteiger partial charge in [0.25, 0.3) is 0 Å². The van der Waals surface area contributed by atoms with E-state index in [1.54, 1.807) is 23.5 Å². The fraction of sp³-hybridized carbons (Fsp3) is 0.231. The minimum absolute atomic E-state index is 0.526. The molecule has 2 rings (SSSR count). The van der Waals surface area contributed by atoms with E-state index in [2.05, 4.69) is 17.1 Å². The fourth-order valence-corrected chi connectivity index (χ4v) is 2.18. The topological polar surface area (TPSA) is 45.9 Å². The Bertz CT molecular complexity index is 529. The Labute approximate surface area is 104 Å². The van der Waals surface area contributed by atoms with Gasteiger partial charge in [-0.05, 0) is 24.4 Å². The van der Waals surface area contributed by atoms with Gasteiger partial charge < -0.3 is 4.74 Å². The minimum atomic E-state index is 0.526. The molecule has 0 radical (unpaired) electrons. The molecule has 0 amide bonds. The second-order valence-corrected chi connectivity index (χ2v) is 4.66. The van der Waals surface area contributed by atoms with Crippen LogP contribution in [-0.4, -0.2) is 11.6 Å². The Morgan fingerprint density at radius 2 is 2.35 bits per heavy atom. The van der Waals surface area contributed by atoms with E-state index in [0.717, 1.165) is 12.1 Å². The zero-order chi connectivity index (χ0) is 12.1. The van der Waals surface area contributed by atoms with Gasteiger partial charge in [0.15, 0.2) is 0 Å². The standard InChI is InChI=1S/C13H12N2OS/c1-10-7-11(9-14)8-13(15-10)16-5-4-12-3-2-6-17-12/h2-3,6-8H,4-5H2,1H3. The van der Waals surface area contributed by atoms with Crippen molar-refractivity contribution in [1.82, 2.24) is 4.98 Å². The van der Waals surface area contributed by atoms with Crippen molar-refractivity contribution in [2.45, 2.75) is 13.3 Å². The summed E-state index contributed by atoms with van der Waals surface area (Å²) >= 11 is 1.72. The maximum absolute atomic E-state index is 8.83. The number of pyridine rings is 1. The lowest BCUT2D eigenvalue weighted by Crippen LogP contribution is -2.02. The summed E-state index contributed by atoms with van der Waals surface area (Å²) in [5.74, 6) is 0.526. The van der Waals surface area contributed by atoms with E-state index in [-0.39, 0.29) is 0 Å². The van der Waals surface area contributed by atoms with Gasteiger partial charge in [0, 0.05) is 23.1 Å². The number of rotatable bonds is 4. The molecule has 0 N–H and O–H groups in total. The van der Waals surface area contributed by atoms with Crippen molar-refractivity contribution >= 4 is 11.3 Å². The number of aryl methyl sites for hydroxylation is 1. The van der Waals surface area contributed by atoms with Crippen LogP contribution in [-0.2, 0) is 6.42 Å².